The molecule has 1 spiro atoms. The minimum absolute atomic E-state index is 0.262. The minimum atomic E-state index is -0.342. The van der Waals surface area contributed by atoms with Crippen LogP contribution in [0.4, 0.5) is 10.5 Å². The van der Waals surface area contributed by atoms with Crippen molar-refractivity contribution < 1.29 is 9.53 Å². The summed E-state index contributed by atoms with van der Waals surface area (Å²) in [5, 5.41) is 3.29. The summed E-state index contributed by atoms with van der Waals surface area (Å²) >= 11 is 0. The van der Waals surface area contributed by atoms with Gasteiger partial charge >= 0.3 is 6.09 Å². The molecule has 0 unspecified atom stereocenters. The van der Waals surface area contributed by atoms with E-state index < -0.39 is 0 Å². The molecule has 5 nitrogen and oxygen atoms in total. The van der Waals surface area contributed by atoms with E-state index in [4.69, 9.17) is 4.74 Å². The first-order valence-electron chi connectivity index (χ1n) is 5.90. The molecular formula is C12H15N3O2. The molecule has 3 heterocycles. The van der Waals surface area contributed by atoms with Gasteiger partial charge in [-0.3, -0.25) is 9.88 Å². The highest BCUT2D eigenvalue weighted by Crippen LogP contribution is 2.31. The molecule has 1 aromatic rings. The first-order chi connectivity index (χ1) is 8.29. The highest BCUT2D eigenvalue weighted by atomic mass is 16.6. The lowest BCUT2D eigenvalue weighted by molar-refractivity contribution is 0.0366. The quantitative estimate of drug-likeness (QED) is 0.791. The average molecular weight is 233 g/mol. The number of pyridine rings is 1. The van der Waals surface area contributed by atoms with E-state index in [1.807, 2.05) is 12.1 Å². The number of aromatic nitrogens is 1. The Hall–Kier alpha value is -1.62. The van der Waals surface area contributed by atoms with Crippen molar-refractivity contribution in [1.82, 2.24) is 10.3 Å². The van der Waals surface area contributed by atoms with Gasteiger partial charge < -0.3 is 10.1 Å². The molecular weight excluding hydrogens is 218 g/mol. The molecule has 2 fully saturated rings. The number of hydrogen-bond acceptors (Lipinski definition) is 4. The fraction of sp³-hybridized carbons (Fsp3) is 0.500. The van der Waals surface area contributed by atoms with Gasteiger partial charge in [0.2, 0.25) is 0 Å². The number of carbonyl (C=O) groups excluding carboxylic acids is 1. The van der Waals surface area contributed by atoms with Gasteiger partial charge in [-0.2, -0.15) is 0 Å². The maximum atomic E-state index is 11.9. The van der Waals surface area contributed by atoms with Gasteiger partial charge in [0.05, 0.1) is 18.4 Å². The van der Waals surface area contributed by atoms with E-state index in [-0.39, 0.29) is 11.7 Å². The topological polar surface area (TPSA) is 54.5 Å². The minimum Gasteiger partial charge on any atom is -0.439 e. The van der Waals surface area contributed by atoms with Crippen LogP contribution in [-0.4, -0.2) is 36.3 Å². The predicted octanol–water partition coefficient (Wildman–Crippen LogP) is 1.16. The maximum Gasteiger partial charge on any atom is 0.415 e. The van der Waals surface area contributed by atoms with Gasteiger partial charge in [-0.25, -0.2) is 4.79 Å². The smallest absolute Gasteiger partial charge is 0.415 e. The monoisotopic (exact) mass is 233 g/mol. The van der Waals surface area contributed by atoms with E-state index in [1.165, 1.54) is 0 Å². The molecule has 5 heteroatoms. The lowest BCUT2D eigenvalue weighted by atomic mass is 9.94. The van der Waals surface area contributed by atoms with E-state index in [0.29, 0.717) is 6.54 Å². The SMILES string of the molecule is O=C1O[C@]2(CCCNC2)CN1c1cccnc1. The largest absolute Gasteiger partial charge is 0.439 e. The van der Waals surface area contributed by atoms with Gasteiger partial charge in [-0.05, 0) is 31.5 Å². The zero-order valence-corrected chi connectivity index (χ0v) is 9.56. The Balaban J connectivity index is 1.82. The van der Waals surface area contributed by atoms with E-state index >= 15 is 0 Å². The maximum absolute atomic E-state index is 11.9. The number of carbonyl (C=O) groups is 1. The molecule has 0 aliphatic carbocycles. The van der Waals surface area contributed by atoms with Crippen molar-refractivity contribution in [3.63, 3.8) is 0 Å². The Bertz CT molecular complexity index is 415. The van der Waals surface area contributed by atoms with Crippen molar-refractivity contribution in [1.29, 1.82) is 0 Å². The van der Waals surface area contributed by atoms with Crippen LogP contribution in [0.3, 0.4) is 0 Å². The van der Waals surface area contributed by atoms with Crippen molar-refractivity contribution in [2.45, 2.75) is 18.4 Å². The number of ether oxygens (including phenoxy) is 1. The Kier molecular flexibility index (Phi) is 2.48. The van der Waals surface area contributed by atoms with E-state index in [9.17, 15) is 4.79 Å². The Morgan fingerprint density at radius 2 is 2.47 bits per heavy atom. The third kappa shape index (κ3) is 1.86. The van der Waals surface area contributed by atoms with Crippen LogP contribution < -0.4 is 10.2 Å². The molecule has 2 aliphatic heterocycles. The fourth-order valence-electron chi connectivity index (χ4n) is 2.50. The second-order valence-corrected chi connectivity index (χ2v) is 4.63. The van der Waals surface area contributed by atoms with Gasteiger partial charge in [-0.15, -0.1) is 0 Å². The second kappa shape index (κ2) is 4.00. The fourth-order valence-corrected chi connectivity index (χ4v) is 2.50. The van der Waals surface area contributed by atoms with Crippen LogP contribution in [0.2, 0.25) is 0 Å². The van der Waals surface area contributed by atoms with Crippen molar-refractivity contribution in [2.75, 3.05) is 24.5 Å². The van der Waals surface area contributed by atoms with Crippen molar-refractivity contribution in [2.24, 2.45) is 0 Å². The van der Waals surface area contributed by atoms with E-state index in [0.717, 1.165) is 31.6 Å². The van der Waals surface area contributed by atoms with Gasteiger partial charge in [0.25, 0.3) is 0 Å². The molecule has 1 N–H and O–H groups in total. The molecule has 0 aromatic carbocycles. The standard InChI is InChI=1S/C12H15N3O2/c16-11-15(10-3-1-5-13-7-10)9-12(17-11)4-2-6-14-8-12/h1,3,5,7,14H,2,4,6,8-9H2/t12-/m0/s1. The van der Waals surface area contributed by atoms with Gasteiger partial charge in [0, 0.05) is 12.7 Å². The van der Waals surface area contributed by atoms with Crippen LogP contribution in [0, 0.1) is 0 Å². The first-order valence-corrected chi connectivity index (χ1v) is 5.90. The summed E-state index contributed by atoms with van der Waals surface area (Å²) in [6, 6.07) is 3.70. The normalized spacial score (nSPS) is 28.5. The number of nitrogens with one attached hydrogen (secondary N) is 1. The summed E-state index contributed by atoms with van der Waals surface area (Å²) in [5.74, 6) is 0. The highest BCUT2D eigenvalue weighted by Gasteiger charge is 2.46. The molecule has 17 heavy (non-hydrogen) atoms. The first kappa shape index (κ1) is 10.5. The molecule has 1 atom stereocenters. The van der Waals surface area contributed by atoms with Gasteiger partial charge in [-0.1, -0.05) is 0 Å². The predicted molar refractivity (Wildman–Crippen MR) is 62.9 cm³/mol. The van der Waals surface area contributed by atoms with Crippen LogP contribution >= 0.6 is 0 Å². The van der Waals surface area contributed by atoms with Crippen LogP contribution in [0.1, 0.15) is 12.8 Å². The van der Waals surface area contributed by atoms with Crippen molar-refractivity contribution in [3.05, 3.63) is 24.5 Å². The highest BCUT2D eigenvalue weighted by molar-refractivity contribution is 5.90. The third-order valence-electron chi connectivity index (χ3n) is 3.36. The molecule has 0 bridgehead atoms. The van der Waals surface area contributed by atoms with Crippen LogP contribution in [0.15, 0.2) is 24.5 Å². The second-order valence-electron chi connectivity index (χ2n) is 4.63. The van der Waals surface area contributed by atoms with Crippen LogP contribution in [0.25, 0.3) is 0 Å². The number of nitrogens with zero attached hydrogens (tertiary/aromatic N) is 2. The average Bonchev–Trinajstić information content (AvgIpc) is 2.68. The number of amides is 1. The Morgan fingerprint density at radius 3 is 3.18 bits per heavy atom. The lowest BCUT2D eigenvalue weighted by Crippen LogP contribution is -2.48. The Labute approximate surface area is 99.8 Å². The molecule has 1 amide bonds. The van der Waals surface area contributed by atoms with Crippen molar-refractivity contribution >= 4 is 11.8 Å². The number of rotatable bonds is 1. The Morgan fingerprint density at radius 1 is 1.53 bits per heavy atom. The summed E-state index contributed by atoms with van der Waals surface area (Å²) in [6.07, 6.45) is 5.11. The number of piperidine rings is 1. The molecule has 3 rings (SSSR count). The molecule has 0 saturated carbocycles. The molecule has 90 valence electrons. The summed E-state index contributed by atoms with van der Waals surface area (Å²) in [6.45, 7) is 2.37. The van der Waals surface area contributed by atoms with Gasteiger partial charge in [0.1, 0.15) is 5.60 Å². The zero-order valence-electron chi connectivity index (χ0n) is 9.56. The molecule has 2 saturated heterocycles. The van der Waals surface area contributed by atoms with Crippen LogP contribution in [-0.2, 0) is 4.74 Å². The summed E-state index contributed by atoms with van der Waals surface area (Å²) in [7, 11) is 0. The van der Waals surface area contributed by atoms with Crippen molar-refractivity contribution in [3.8, 4) is 0 Å². The molecule has 2 aliphatic rings. The van der Waals surface area contributed by atoms with E-state index in [1.54, 1.807) is 17.3 Å². The third-order valence-corrected chi connectivity index (χ3v) is 3.36. The summed E-state index contributed by atoms with van der Waals surface area (Å²) in [5.41, 5.74) is 0.463. The zero-order chi connectivity index (χ0) is 11.7. The van der Waals surface area contributed by atoms with Crippen LogP contribution in [0.5, 0.6) is 0 Å². The van der Waals surface area contributed by atoms with E-state index in [2.05, 4.69) is 10.3 Å². The molecule has 1 aromatic heterocycles. The lowest BCUT2D eigenvalue weighted by Gasteiger charge is -2.31. The number of hydrogen-bond donors (Lipinski definition) is 1. The summed E-state index contributed by atoms with van der Waals surface area (Å²) in [4.78, 5) is 17.6. The number of anilines is 1. The summed E-state index contributed by atoms with van der Waals surface area (Å²) < 4.78 is 5.55. The molecule has 0 radical (unpaired) electrons. The van der Waals surface area contributed by atoms with Gasteiger partial charge in [0.15, 0.2) is 0 Å².